The van der Waals surface area contributed by atoms with Gasteiger partial charge in [0.25, 0.3) is 5.91 Å². The van der Waals surface area contributed by atoms with E-state index in [1.54, 1.807) is 59.5 Å². The monoisotopic (exact) mass is 438 g/mol. The smallest absolute Gasteiger partial charge is 0.337 e. The van der Waals surface area contributed by atoms with Crippen LogP contribution in [0.5, 0.6) is 0 Å². The van der Waals surface area contributed by atoms with E-state index in [-0.39, 0.29) is 11.8 Å². The average molecular weight is 438 g/mol. The molecule has 0 unspecified atom stereocenters. The van der Waals surface area contributed by atoms with Crippen LogP contribution in [0.1, 0.15) is 44.7 Å². The van der Waals surface area contributed by atoms with Crippen LogP contribution in [0.15, 0.2) is 72.8 Å². The summed E-state index contributed by atoms with van der Waals surface area (Å²) in [6.45, 7) is 0.713. The molecule has 0 bridgehead atoms. The van der Waals surface area contributed by atoms with E-state index in [1.807, 2.05) is 18.2 Å². The second-order valence-corrected chi connectivity index (χ2v) is 7.55. The zero-order valence-electron chi connectivity index (χ0n) is 18.1. The van der Waals surface area contributed by atoms with Crippen molar-refractivity contribution in [2.24, 2.45) is 0 Å². The summed E-state index contributed by atoms with van der Waals surface area (Å²) < 4.78 is 4.74. The number of rotatable bonds is 4. The van der Waals surface area contributed by atoms with Crippen LogP contribution in [0.4, 0.5) is 11.4 Å². The first-order chi connectivity index (χ1) is 16.0. The summed E-state index contributed by atoms with van der Waals surface area (Å²) in [6, 6.07) is 21.1. The number of benzene rings is 3. The Labute approximate surface area is 192 Å². The summed E-state index contributed by atoms with van der Waals surface area (Å²) >= 11 is 0. The minimum Gasteiger partial charge on any atom is -0.465 e. The van der Waals surface area contributed by atoms with Crippen LogP contribution in [0.25, 0.3) is 0 Å². The number of esters is 1. The van der Waals surface area contributed by atoms with E-state index in [0.717, 1.165) is 17.7 Å². The van der Waals surface area contributed by atoms with Crippen molar-refractivity contribution in [2.45, 2.75) is 12.8 Å². The highest BCUT2D eigenvalue weighted by atomic mass is 16.5. The van der Waals surface area contributed by atoms with Gasteiger partial charge in [-0.25, -0.2) is 4.79 Å². The summed E-state index contributed by atoms with van der Waals surface area (Å²) in [5, 5.41) is 2.88. The number of anilines is 2. The molecule has 0 radical (unpaired) electrons. The van der Waals surface area contributed by atoms with Crippen molar-refractivity contribution < 1.29 is 19.1 Å². The molecular weight excluding hydrogens is 416 g/mol. The van der Waals surface area contributed by atoms with Gasteiger partial charge in [0.15, 0.2) is 0 Å². The number of hydrogen-bond donors (Lipinski definition) is 1. The second kappa shape index (κ2) is 9.84. The third-order valence-electron chi connectivity index (χ3n) is 5.27. The third-order valence-corrected chi connectivity index (χ3v) is 5.27. The van der Waals surface area contributed by atoms with Crippen molar-refractivity contribution in [1.82, 2.24) is 0 Å². The Hall–Kier alpha value is -4.37. The molecule has 6 heteroatoms. The SMILES string of the molecule is COC(=O)c1cccc(C#Cc2cccc(NC(=O)c3ccc(N4CCCC4=O)cc3)c2)c1. The van der Waals surface area contributed by atoms with Crippen molar-refractivity contribution in [3.63, 3.8) is 0 Å². The molecule has 2 amide bonds. The lowest BCUT2D eigenvalue weighted by molar-refractivity contribution is -0.117. The summed E-state index contributed by atoms with van der Waals surface area (Å²) in [5.41, 5.74) is 3.77. The molecular formula is C27H22N2O4. The number of methoxy groups -OCH3 is 1. The molecule has 0 spiro atoms. The largest absolute Gasteiger partial charge is 0.465 e. The van der Waals surface area contributed by atoms with Gasteiger partial charge in [0.05, 0.1) is 12.7 Å². The maximum atomic E-state index is 12.7. The minimum atomic E-state index is -0.413. The second-order valence-electron chi connectivity index (χ2n) is 7.55. The normalized spacial score (nSPS) is 12.6. The average Bonchev–Trinajstić information content (AvgIpc) is 3.28. The lowest BCUT2D eigenvalue weighted by Crippen LogP contribution is -2.23. The Balaban J connectivity index is 1.44. The van der Waals surface area contributed by atoms with Gasteiger partial charge in [-0.15, -0.1) is 0 Å². The van der Waals surface area contributed by atoms with Crippen molar-refractivity contribution in [3.8, 4) is 11.8 Å². The predicted octanol–water partition coefficient (Wildman–Crippen LogP) is 4.25. The van der Waals surface area contributed by atoms with Crippen molar-refractivity contribution >= 4 is 29.2 Å². The molecule has 1 saturated heterocycles. The molecule has 33 heavy (non-hydrogen) atoms. The van der Waals surface area contributed by atoms with Crippen molar-refractivity contribution in [2.75, 3.05) is 23.9 Å². The first kappa shape index (κ1) is 21.8. The highest BCUT2D eigenvalue weighted by molar-refractivity contribution is 6.05. The van der Waals surface area contributed by atoms with E-state index in [2.05, 4.69) is 17.2 Å². The van der Waals surface area contributed by atoms with E-state index in [0.29, 0.717) is 35.3 Å². The number of carbonyl (C=O) groups is 3. The highest BCUT2D eigenvalue weighted by Crippen LogP contribution is 2.22. The Bertz CT molecular complexity index is 1270. The minimum absolute atomic E-state index is 0.113. The van der Waals surface area contributed by atoms with Gasteiger partial charge < -0.3 is 15.0 Å². The standard InChI is InChI=1S/C27H22N2O4/c1-33-27(32)22-7-2-5-19(17-22)10-11-20-6-3-8-23(18-20)28-26(31)21-12-14-24(15-13-21)29-16-4-9-25(29)30/h2-3,5-8,12-15,17-18H,4,9,16H2,1H3,(H,28,31). The molecule has 0 saturated carbocycles. The molecule has 4 rings (SSSR count). The van der Waals surface area contributed by atoms with Gasteiger partial charge in [-0.2, -0.15) is 0 Å². The van der Waals surface area contributed by atoms with Gasteiger partial charge in [0.2, 0.25) is 5.91 Å². The summed E-state index contributed by atoms with van der Waals surface area (Å²) in [5.74, 6) is 5.53. The maximum absolute atomic E-state index is 12.7. The number of ether oxygens (including phenoxy) is 1. The van der Waals surface area contributed by atoms with Gasteiger partial charge in [0.1, 0.15) is 0 Å². The Morgan fingerprint density at radius 3 is 2.27 bits per heavy atom. The van der Waals surface area contributed by atoms with Gasteiger partial charge in [0, 0.05) is 41.0 Å². The molecule has 3 aromatic rings. The van der Waals surface area contributed by atoms with Gasteiger partial charge in [-0.05, 0) is 67.1 Å². The lowest BCUT2D eigenvalue weighted by atomic mass is 10.1. The highest BCUT2D eigenvalue weighted by Gasteiger charge is 2.21. The summed E-state index contributed by atoms with van der Waals surface area (Å²) in [4.78, 5) is 38.0. The molecule has 0 atom stereocenters. The topological polar surface area (TPSA) is 75.7 Å². The van der Waals surface area contributed by atoms with Gasteiger partial charge >= 0.3 is 5.97 Å². The molecule has 1 heterocycles. The van der Waals surface area contributed by atoms with Crippen LogP contribution in [-0.4, -0.2) is 31.4 Å². The van der Waals surface area contributed by atoms with Crippen molar-refractivity contribution in [3.05, 3.63) is 95.1 Å². The van der Waals surface area contributed by atoms with Crippen LogP contribution in [0.3, 0.4) is 0 Å². The fraction of sp³-hybridized carbons (Fsp3) is 0.148. The molecule has 1 fully saturated rings. The van der Waals surface area contributed by atoms with Crippen LogP contribution in [-0.2, 0) is 9.53 Å². The molecule has 1 aliphatic heterocycles. The van der Waals surface area contributed by atoms with E-state index >= 15 is 0 Å². The van der Waals surface area contributed by atoms with E-state index in [4.69, 9.17) is 4.74 Å². The molecule has 164 valence electrons. The quantitative estimate of drug-likeness (QED) is 0.488. The number of carbonyl (C=O) groups excluding carboxylic acids is 3. The number of amides is 2. The van der Waals surface area contributed by atoms with Gasteiger partial charge in [-0.1, -0.05) is 24.0 Å². The Morgan fingerprint density at radius 1 is 0.909 bits per heavy atom. The summed E-state index contributed by atoms with van der Waals surface area (Å²) in [7, 11) is 1.34. The van der Waals surface area contributed by atoms with Crippen LogP contribution in [0, 0.1) is 11.8 Å². The van der Waals surface area contributed by atoms with E-state index < -0.39 is 5.97 Å². The maximum Gasteiger partial charge on any atom is 0.337 e. The fourth-order valence-electron chi connectivity index (χ4n) is 3.58. The number of nitrogens with one attached hydrogen (secondary N) is 1. The molecule has 1 N–H and O–H groups in total. The zero-order chi connectivity index (χ0) is 23.2. The van der Waals surface area contributed by atoms with E-state index in [1.165, 1.54) is 7.11 Å². The first-order valence-corrected chi connectivity index (χ1v) is 10.6. The van der Waals surface area contributed by atoms with Crippen LogP contribution >= 0.6 is 0 Å². The first-order valence-electron chi connectivity index (χ1n) is 10.6. The van der Waals surface area contributed by atoms with E-state index in [9.17, 15) is 14.4 Å². The van der Waals surface area contributed by atoms with Crippen LogP contribution < -0.4 is 10.2 Å². The molecule has 6 nitrogen and oxygen atoms in total. The third kappa shape index (κ3) is 5.28. The predicted molar refractivity (Wildman–Crippen MR) is 126 cm³/mol. The lowest BCUT2D eigenvalue weighted by Gasteiger charge is -2.15. The molecule has 3 aromatic carbocycles. The van der Waals surface area contributed by atoms with Crippen LogP contribution in [0.2, 0.25) is 0 Å². The van der Waals surface area contributed by atoms with Gasteiger partial charge in [-0.3, -0.25) is 9.59 Å². The Morgan fingerprint density at radius 2 is 1.61 bits per heavy atom. The number of nitrogens with zero attached hydrogens (tertiary/aromatic N) is 1. The number of hydrogen-bond acceptors (Lipinski definition) is 4. The molecule has 0 aliphatic carbocycles. The summed E-state index contributed by atoms with van der Waals surface area (Å²) in [6.07, 6.45) is 1.43. The molecule has 1 aliphatic rings. The molecule has 0 aromatic heterocycles. The van der Waals surface area contributed by atoms with Crippen molar-refractivity contribution in [1.29, 1.82) is 0 Å². The zero-order valence-corrected chi connectivity index (χ0v) is 18.1. The fourth-order valence-corrected chi connectivity index (χ4v) is 3.58. The Kier molecular flexibility index (Phi) is 6.51.